The van der Waals surface area contributed by atoms with E-state index in [9.17, 15) is 9.18 Å². The lowest BCUT2D eigenvalue weighted by Gasteiger charge is -2.19. The summed E-state index contributed by atoms with van der Waals surface area (Å²) >= 11 is 3.59. The highest BCUT2D eigenvalue weighted by atomic mass is 79.9. The summed E-state index contributed by atoms with van der Waals surface area (Å²) in [6.07, 6.45) is 1.29. The first kappa shape index (κ1) is 14.5. The molecule has 0 bridgehead atoms. The Balaban J connectivity index is 1.98. The molecule has 0 aromatic heterocycles. The van der Waals surface area contributed by atoms with Crippen molar-refractivity contribution in [2.45, 2.75) is 37.6 Å². The normalized spacial score (nSPS) is 24.6. The van der Waals surface area contributed by atoms with Crippen LogP contribution in [0.15, 0.2) is 24.3 Å². The van der Waals surface area contributed by atoms with Crippen LogP contribution < -0.4 is 0 Å². The maximum Gasteiger partial charge on any atom is 0.309 e. The minimum atomic E-state index is -0.254. The molecule has 2 rings (SSSR count). The van der Waals surface area contributed by atoms with Crippen molar-refractivity contribution in [2.24, 2.45) is 11.8 Å². The quantitative estimate of drug-likeness (QED) is 0.622. The van der Waals surface area contributed by atoms with Crippen LogP contribution in [0.3, 0.4) is 0 Å². The average Bonchev–Trinajstić information content (AvgIpc) is 2.72. The van der Waals surface area contributed by atoms with E-state index in [0.717, 1.165) is 12.0 Å². The van der Waals surface area contributed by atoms with Crippen LogP contribution in [0.4, 0.5) is 4.39 Å². The van der Waals surface area contributed by atoms with Crippen LogP contribution >= 0.6 is 15.9 Å². The van der Waals surface area contributed by atoms with E-state index >= 15 is 0 Å². The van der Waals surface area contributed by atoms with Crippen LogP contribution in [-0.2, 0) is 16.0 Å². The molecule has 19 heavy (non-hydrogen) atoms. The third-order valence-electron chi connectivity index (χ3n) is 3.51. The van der Waals surface area contributed by atoms with Gasteiger partial charge in [0.15, 0.2) is 0 Å². The number of benzene rings is 1. The molecule has 0 saturated carbocycles. The minimum Gasteiger partial charge on any atom is -0.461 e. The van der Waals surface area contributed by atoms with Gasteiger partial charge in [-0.25, -0.2) is 4.39 Å². The lowest BCUT2D eigenvalue weighted by Crippen LogP contribution is -2.25. The lowest BCUT2D eigenvalue weighted by atomic mass is 9.93. The van der Waals surface area contributed by atoms with Gasteiger partial charge in [-0.3, -0.25) is 4.79 Å². The van der Waals surface area contributed by atoms with E-state index in [4.69, 9.17) is 4.74 Å². The van der Waals surface area contributed by atoms with Gasteiger partial charge in [-0.15, -0.1) is 0 Å². The smallest absolute Gasteiger partial charge is 0.309 e. The van der Waals surface area contributed by atoms with E-state index in [-0.39, 0.29) is 28.6 Å². The number of carbonyl (C=O) groups excluding carboxylic acids is 1. The Morgan fingerprint density at radius 2 is 2.00 bits per heavy atom. The van der Waals surface area contributed by atoms with Crippen LogP contribution in [0.25, 0.3) is 0 Å². The molecule has 1 aliphatic heterocycles. The number of cyclic esters (lactones) is 1. The third kappa shape index (κ3) is 3.56. The van der Waals surface area contributed by atoms with Gasteiger partial charge in [0.25, 0.3) is 0 Å². The zero-order valence-corrected chi connectivity index (χ0v) is 12.7. The largest absolute Gasteiger partial charge is 0.461 e. The Kier molecular flexibility index (Phi) is 4.61. The summed E-state index contributed by atoms with van der Waals surface area (Å²) in [5.74, 6) is -0.0907. The molecule has 0 unspecified atom stereocenters. The van der Waals surface area contributed by atoms with E-state index < -0.39 is 0 Å². The number of carbonyl (C=O) groups is 1. The fourth-order valence-electron chi connectivity index (χ4n) is 2.37. The van der Waals surface area contributed by atoms with Crippen molar-refractivity contribution >= 4 is 21.9 Å². The Morgan fingerprint density at radius 3 is 2.58 bits per heavy atom. The number of rotatable bonds is 4. The molecule has 2 nitrogen and oxygen atoms in total. The second-order valence-electron chi connectivity index (χ2n) is 5.43. The molecule has 1 heterocycles. The van der Waals surface area contributed by atoms with Gasteiger partial charge in [0.2, 0.25) is 0 Å². The van der Waals surface area contributed by atoms with Crippen molar-refractivity contribution in [3.05, 3.63) is 35.6 Å². The molecule has 4 heteroatoms. The Bertz CT molecular complexity index is 444. The van der Waals surface area contributed by atoms with E-state index in [1.54, 1.807) is 12.1 Å². The number of alkyl halides is 1. The molecule has 0 amide bonds. The molecule has 1 aromatic carbocycles. The fourth-order valence-corrected chi connectivity index (χ4v) is 2.69. The van der Waals surface area contributed by atoms with Gasteiger partial charge < -0.3 is 4.74 Å². The van der Waals surface area contributed by atoms with Crippen LogP contribution in [0, 0.1) is 17.7 Å². The molecule has 104 valence electrons. The zero-order chi connectivity index (χ0) is 14.0. The highest BCUT2D eigenvalue weighted by Gasteiger charge is 2.38. The van der Waals surface area contributed by atoms with Gasteiger partial charge in [0, 0.05) is 0 Å². The Hall–Kier alpha value is -0.900. The van der Waals surface area contributed by atoms with Crippen LogP contribution in [0.2, 0.25) is 0 Å². The summed E-state index contributed by atoms with van der Waals surface area (Å²) in [5.41, 5.74) is 0.972. The van der Waals surface area contributed by atoms with E-state index in [0.29, 0.717) is 12.3 Å². The summed E-state index contributed by atoms with van der Waals surface area (Å²) in [4.78, 5) is 12.1. The SMILES string of the molecule is CC(C)[C@@H](Br)[C@@H]1C[C@@H](Cc2ccc(F)cc2)C(=O)O1. The predicted octanol–water partition coefficient (Wildman–Crippen LogP) is 3.72. The van der Waals surface area contributed by atoms with Crippen LogP contribution in [0.1, 0.15) is 25.8 Å². The van der Waals surface area contributed by atoms with Gasteiger partial charge in [0.1, 0.15) is 11.9 Å². The second kappa shape index (κ2) is 6.04. The van der Waals surface area contributed by atoms with Crippen molar-refractivity contribution in [1.29, 1.82) is 0 Å². The summed E-state index contributed by atoms with van der Waals surface area (Å²) in [7, 11) is 0. The number of halogens is 2. The molecular formula is C15H18BrFO2. The van der Waals surface area contributed by atoms with E-state index in [1.807, 2.05) is 0 Å². The van der Waals surface area contributed by atoms with Crippen molar-refractivity contribution in [3.8, 4) is 0 Å². The molecule has 0 spiro atoms. The molecule has 1 aliphatic rings. The molecule has 1 aromatic rings. The minimum absolute atomic E-state index is 0.0575. The number of esters is 1. The molecular weight excluding hydrogens is 311 g/mol. The zero-order valence-electron chi connectivity index (χ0n) is 11.1. The first-order valence-electron chi connectivity index (χ1n) is 6.56. The van der Waals surface area contributed by atoms with Crippen LogP contribution in [-0.4, -0.2) is 16.9 Å². The van der Waals surface area contributed by atoms with E-state index in [1.165, 1.54) is 12.1 Å². The Labute approximate surface area is 121 Å². The highest BCUT2D eigenvalue weighted by Crippen LogP contribution is 2.32. The third-order valence-corrected chi connectivity index (χ3v) is 5.15. The molecule has 0 aliphatic carbocycles. The first-order valence-corrected chi connectivity index (χ1v) is 7.48. The van der Waals surface area contributed by atoms with Gasteiger partial charge in [-0.05, 0) is 36.5 Å². The van der Waals surface area contributed by atoms with Gasteiger partial charge in [-0.2, -0.15) is 0 Å². The van der Waals surface area contributed by atoms with E-state index in [2.05, 4.69) is 29.8 Å². The molecule has 1 saturated heterocycles. The summed E-state index contributed by atoms with van der Waals surface area (Å²) in [6, 6.07) is 6.30. The summed E-state index contributed by atoms with van der Waals surface area (Å²) in [6.45, 7) is 4.20. The number of hydrogen-bond donors (Lipinski definition) is 0. The standard InChI is InChI=1S/C15H18BrFO2/c1-9(2)14(16)13-8-11(15(18)19-13)7-10-3-5-12(17)6-4-10/h3-6,9,11,13-14H,7-8H2,1-2H3/t11-,13+,14-/m1/s1. The molecule has 0 radical (unpaired) electrons. The second-order valence-corrected chi connectivity index (χ2v) is 6.48. The maximum absolute atomic E-state index is 12.8. The predicted molar refractivity (Wildman–Crippen MR) is 75.6 cm³/mol. The monoisotopic (exact) mass is 328 g/mol. The van der Waals surface area contributed by atoms with Gasteiger partial charge in [0.05, 0.1) is 10.7 Å². The highest BCUT2D eigenvalue weighted by molar-refractivity contribution is 9.09. The van der Waals surface area contributed by atoms with Crippen molar-refractivity contribution in [3.63, 3.8) is 0 Å². The number of hydrogen-bond acceptors (Lipinski definition) is 2. The molecule has 0 N–H and O–H groups in total. The maximum atomic E-state index is 12.8. The molecule has 3 atom stereocenters. The van der Waals surface area contributed by atoms with Gasteiger partial charge >= 0.3 is 5.97 Å². The summed E-state index contributed by atoms with van der Waals surface area (Å²) < 4.78 is 18.3. The van der Waals surface area contributed by atoms with Crippen molar-refractivity contribution < 1.29 is 13.9 Å². The van der Waals surface area contributed by atoms with Crippen molar-refractivity contribution in [1.82, 2.24) is 0 Å². The fraction of sp³-hybridized carbons (Fsp3) is 0.533. The van der Waals surface area contributed by atoms with Crippen molar-refractivity contribution in [2.75, 3.05) is 0 Å². The van der Waals surface area contributed by atoms with Crippen LogP contribution in [0.5, 0.6) is 0 Å². The average molecular weight is 329 g/mol. The molecule has 1 fully saturated rings. The van der Waals surface area contributed by atoms with Gasteiger partial charge in [-0.1, -0.05) is 41.9 Å². The first-order chi connectivity index (χ1) is 8.97. The lowest BCUT2D eigenvalue weighted by molar-refractivity contribution is -0.144. The Morgan fingerprint density at radius 1 is 1.37 bits per heavy atom. The summed E-state index contributed by atoms with van der Waals surface area (Å²) in [5, 5.41) is 0. The topological polar surface area (TPSA) is 26.3 Å². The number of ether oxygens (including phenoxy) is 1.